The van der Waals surface area contributed by atoms with Gasteiger partial charge >= 0.3 is 11.9 Å². The molecule has 0 aliphatic carbocycles. The summed E-state index contributed by atoms with van der Waals surface area (Å²) in [6.45, 7) is 0.604. The molecule has 1 aliphatic heterocycles. The predicted octanol–water partition coefficient (Wildman–Crippen LogP) is 1.57. The van der Waals surface area contributed by atoms with Crippen LogP contribution in [0.5, 0.6) is 0 Å². The van der Waals surface area contributed by atoms with Crippen LogP contribution in [-0.2, 0) is 4.79 Å². The molecule has 0 aromatic heterocycles. The van der Waals surface area contributed by atoms with E-state index in [0.717, 1.165) is 0 Å². The molecule has 0 bridgehead atoms. The first-order valence-electron chi connectivity index (χ1n) is 5.49. The summed E-state index contributed by atoms with van der Waals surface area (Å²) in [6.07, 6.45) is 0.664. The van der Waals surface area contributed by atoms with Crippen LogP contribution in [0.2, 0.25) is 5.02 Å². The van der Waals surface area contributed by atoms with Crippen LogP contribution in [0.4, 0.5) is 0 Å². The molecule has 2 rings (SSSR count). The van der Waals surface area contributed by atoms with Crippen molar-refractivity contribution >= 4 is 23.5 Å². The molecule has 1 heterocycles. The Bertz CT molecular complexity index is 503. The van der Waals surface area contributed by atoms with Crippen molar-refractivity contribution in [2.24, 2.45) is 0 Å². The van der Waals surface area contributed by atoms with Crippen molar-refractivity contribution in [1.29, 1.82) is 0 Å². The van der Waals surface area contributed by atoms with Crippen LogP contribution in [0.15, 0.2) is 18.2 Å². The number of hydrogen-bond acceptors (Lipinski definition) is 3. The molecule has 0 unspecified atom stereocenters. The molecule has 6 heteroatoms. The van der Waals surface area contributed by atoms with Gasteiger partial charge in [-0.2, -0.15) is 0 Å². The molecular formula is C12H12ClNO4. The van der Waals surface area contributed by atoms with Gasteiger partial charge in [-0.1, -0.05) is 17.7 Å². The summed E-state index contributed by atoms with van der Waals surface area (Å²) in [5.41, 5.74) is 0.694. The topological polar surface area (TPSA) is 86.6 Å². The summed E-state index contributed by atoms with van der Waals surface area (Å²) < 4.78 is 0. The number of carboxylic acids is 2. The van der Waals surface area contributed by atoms with E-state index in [-0.39, 0.29) is 16.5 Å². The van der Waals surface area contributed by atoms with Crippen molar-refractivity contribution in [2.45, 2.75) is 18.4 Å². The van der Waals surface area contributed by atoms with E-state index < -0.39 is 18.0 Å². The van der Waals surface area contributed by atoms with Crippen LogP contribution in [0.3, 0.4) is 0 Å². The second-order valence-electron chi connectivity index (χ2n) is 4.21. The maximum absolute atomic E-state index is 11.1. The smallest absolute Gasteiger partial charge is 0.337 e. The molecule has 0 radical (unpaired) electrons. The summed E-state index contributed by atoms with van der Waals surface area (Å²) in [7, 11) is 0. The first-order valence-corrected chi connectivity index (χ1v) is 5.87. The van der Waals surface area contributed by atoms with E-state index in [2.05, 4.69) is 5.32 Å². The van der Waals surface area contributed by atoms with Gasteiger partial charge in [0.25, 0.3) is 0 Å². The molecule has 1 aromatic rings. The first kappa shape index (κ1) is 12.9. The Morgan fingerprint density at radius 1 is 1.33 bits per heavy atom. The van der Waals surface area contributed by atoms with Gasteiger partial charge in [-0.25, -0.2) is 4.79 Å². The maximum Gasteiger partial charge on any atom is 0.337 e. The van der Waals surface area contributed by atoms with E-state index >= 15 is 0 Å². The van der Waals surface area contributed by atoms with Gasteiger partial charge in [0.15, 0.2) is 0 Å². The van der Waals surface area contributed by atoms with Gasteiger partial charge < -0.3 is 15.5 Å². The fourth-order valence-electron chi connectivity index (χ4n) is 2.26. The van der Waals surface area contributed by atoms with Crippen LogP contribution >= 0.6 is 11.6 Å². The monoisotopic (exact) mass is 269 g/mol. The van der Waals surface area contributed by atoms with Crippen LogP contribution in [0.1, 0.15) is 28.3 Å². The van der Waals surface area contributed by atoms with Crippen molar-refractivity contribution < 1.29 is 19.8 Å². The van der Waals surface area contributed by atoms with E-state index in [1.807, 2.05) is 0 Å². The first-order chi connectivity index (χ1) is 8.50. The lowest BCUT2D eigenvalue weighted by Crippen LogP contribution is -2.34. The Balaban J connectivity index is 2.36. The number of nitrogens with one attached hydrogen (secondary N) is 1. The van der Waals surface area contributed by atoms with E-state index in [0.29, 0.717) is 18.5 Å². The number of hydrogen-bond donors (Lipinski definition) is 3. The largest absolute Gasteiger partial charge is 0.480 e. The molecule has 1 aliphatic rings. The minimum absolute atomic E-state index is 0.00482. The maximum atomic E-state index is 11.1. The van der Waals surface area contributed by atoms with Crippen LogP contribution in [0.25, 0.3) is 0 Å². The van der Waals surface area contributed by atoms with E-state index in [1.54, 1.807) is 6.07 Å². The third-order valence-electron chi connectivity index (χ3n) is 3.14. The summed E-state index contributed by atoms with van der Waals surface area (Å²) in [6, 6.07) is 3.96. The second kappa shape index (κ2) is 4.96. The molecule has 0 saturated carbocycles. The highest BCUT2D eigenvalue weighted by molar-refractivity contribution is 6.33. The van der Waals surface area contributed by atoms with Crippen molar-refractivity contribution in [3.63, 3.8) is 0 Å². The standard InChI is InChI=1S/C12H12ClNO4/c13-9-2-1-6(5-8(9)11(15)16)7-3-4-14-10(7)12(17)18/h1-2,5,7,10,14H,3-4H2,(H,15,16)(H,17,18)/t7-,10+/m1/s1. The highest BCUT2D eigenvalue weighted by Crippen LogP contribution is 2.30. The number of rotatable bonds is 3. The second-order valence-corrected chi connectivity index (χ2v) is 4.62. The van der Waals surface area contributed by atoms with Gasteiger partial charge in [0.05, 0.1) is 10.6 Å². The van der Waals surface area contributed by atoms with Crippen molar-refractivity contribution in [3.05, 3.63) is 34.3 Å². The zero-order valence-electron chi connectivity index (χ0n) is 9.39. The third kappa shape index (κ3) is 2.32. The SMILES string of the molecule is O=C(O)c1cc([C@H]2CCN[C@@H]2C(=O)O)ccc1Cl. The Kier molecular flexibility index (Phi) is 3.54. The lowest BCUT2D eigenvalue weighted by Gasteiger charge is -2.16. The van der Waals surface area contributed by atoms with Gasteiger partial charge in [-0.3, -0.25) is 4.79 Å². The summed E-state index contributed by atoms with van der Waals surface area (Å²) in [5, 5.41) is 21.1. The molecule has 1 aromatic carbocycles. The summed E-state index contributed by atoms with van der Waals surface area (Å²) in [4.78, 5) is 22.1. The minimum Gasteiger partial charge on any atom is -0.480 e. The van der Waals surface area contributed by atoms with Crippen LogP contribution in [-0.4, -0.2) is 34.7 Å². The van der Waals surface area contributed by atoms with Gasteiger partial charge in [-0.05, 0) is 30.7 Å². The molecule has 96 valence electrons. The molecule has 1 saturated heterocycles. The number of halogens is 1. The molecule has 0 spiro atoms. The molecule has 0 amide bonds. The molecule has 5 nitrogen and oxygen atoms in total. The average Bonchev–Trinajstić information content (AvgIpc) is 2.78. The van der Waals surface area contributed by atoms with E-state index in [1.165, 1.54) is 12.1 Å². The van der Waals surface area contributed by atoms with Crippen LogP contribution < -0.4 is 5.32 Å². The van der Waals surface area contributed by atoms with Gasteiger partial charge in [0, 0.05) is 5.92 Å². The molecule has 18 heavy (non-hydrogen) atoms. The Labute approximate surface area is 108 Å². The predicted molar refractivity (Wildman–Crippen MR) is 65.2 cm³/mol. The zero-order chi connectivity index (χ0) is 13.3. The number of carbonyl (C=O) groups is 2. The lowest BCUT2D eigenvalue weighted by molar-refractivity contribution is -0.139. The van der Waals surface area contributed by atoms with E-state index in [4.69, 9.17) is 21.8 Å². The van der Waals surface area contributed by atoms with Crippen LogP contribution in [0, 0.1) is 0 Å². The molecular weight excluding hydrogens is 258 g/mol. The average molecular weight is 270 g/mol. The summed E-state index contributed by atoms with van der Waals surface area (Å²) in [5.74, 6) is -2.26. The van der Waals surface area contributed by atoms with Gasteiger partial charge in [0.2, 0.25) is 0 Å². The summed E-state index contributed by atoms with van der Waals surface area (Å²) >= 11 is 5.78. The quantitative estimate of drug-likeness (QED) is 0.775. The van der Waals surface area contributed by atoms with E-state index in [9.17, 15) is 9.59 Å². The fourth-order valence-corrected chi connectivity index (χ4v) is 2.46. The molecule has 3 N–H and O–H groups in total. The normalized spacial score (nSPS) is 22.9. The van der Waals surface area contributed by atoms with Crippen molar-refractivity contribution in [1.82, 2.24) is 5.32 Å². The fraction of sp³-hybridized carbons (Fsp3) is 0.333. The highest BCUT2D eigenvalue weighted by atomic mass is 35.5. The highest BCUT2D eigenvalue weighted by Gasteiger charge is 2.34. The zero-order valence-corrected chi connectivity index (χ0v) is 10.1. The Hall–Kier alpha value is -1.59. The minimum atomic E-state index is -1.11. The number of benzene rings is 1. The number of aliphatic carboxylic acids is 1. The number of carboxylic acid groups (broad SMARTS) is 2. The van der Waals surface area contributed by atoms with Gasteiger partial charge in [0.1, 0.15) is 6.04 Å². The molecule has 1 fully saturated rings. The third-order valence-corrected chi connectivity index (χ3v) is 3.47. The van der Waals surface area contributed by atoms with Crippen molar-refractivity contribution in [3.8, 4) is 0 Å². The lowest BCUT2D eigenvalue weighted by atomic mass is 9.91. The Morgan fingerprint density at radius 2 is 2.06 bits per heavy atom. The Morgan fingerprint density at radius 3 is 2.67 bits per heavy atom. The van der Waals surface area contributed by atoms with Gasteiger partial charge in [-0.15, -0.1) is 0 Å². The number of aromatic carboxylic acids is 1. The van der Waals surface area contributed by atoms with Crippen molar-refractivity contribution in [2.75, 3.05) is 6.54 Å². The molecule has 2 atom stereocenters.